The van der Waals surface area contributed by atoms with Crippen LogP contribution in [0.1, 0.15) is 53.4 Å². The van der Waals surface area contributed by atoms with Crippen molar-refractivity contribution >= 4 is 9.84 Å². The number of ether oxygens (including phenoxy) is 1. The van der Waals surface area contributed by atoms with Gasteiger partial charge in [-0.05, 0) is 44.6 Å². The molecule has 0 radical (unpaired) electrons. The Morgan fingerprint density at radius 3 is 2.22 bits per heavy atom. The number of hydrogen-bond acceptors (Lipinski definition) is 3. The Morgan fingerprint density at radius 1 is 1.33 bits per heavy atom. The van der Waals surface area contributed by atoms with Crippen LogP contribution in [0.15, 0.2) is 11.3 Å². The van der Waals surface area contributed by atoms with Gasteiger partial charge in [-0.25, -0.2) is 8.42 Å². The van der Waals surface area contributed by atoms with E-state index in [1.807, 2.05) is 13.8 Å². The molecule has 0 bridgehead atoms. The maximum atomic E-state index is 12.0. The molecule has 4 heteroatoms. The Morgan fingerprint density at radius 2 is 1.89 bits per heavy atom. The standard InChI is InChI=1S/C14H26O3S/c1-6-11(2)10-17-13(4)12(3)14(8-7-9-14)18(5,15)16/h11H,6-10H2,1-5H3. The average molecular weight is 274 g/mol. The number of hydrogen-bond donors (Lipinski definition) is 0. The van der Waals surface area contributed by atoms with Crippen molar-refractivity contribution in [1.29, 1.82) is 0 Å². The number of allylic oxidation sites excluding steroid dienone is 1. The van der Waals surface area contributed by atoms with Gasteiger partial charge in [0.25, 0.3) is 0 Å². The molecule has 3 nitrogen and oxygen atoms in total. The summed E-state index contributed by atoms with van der Waals surface area (Å²) in [5.74, 6) is 1.30. The van der Waals surface area contributed by atoms with E-state index in [0.29, 0.717) is 12.5 Å². The minimum absolute atomic E-state index is 0.503. The third-order valence-electron chi connectivity index (χ3n) is 4.36. The average Bonchev–Trinajstić information content (AvgIpc) is 2.21. The summed E-state index contributed by atoms with van der Waals surface area (Å²) in [4.78, 5) is 0. The molecular formula is C14H26O3S. The van der Waals surface area contributed by atoms with Crippen molar-refractivity contribution in [3.63, 3.8) is 0 Å². The Kier molecular flexibility index (Phi) is 4.87. The molecule has 1 saturated carbocycles. The van der Waals surface area contributed by atoms with Gasteiger partial charge in [0.05, 0.1) is 17.1 Å². The fourth-order valence-electron chi connectivity index (χ4n) is 2.34. The van der Waals surface area contributed by atoms with Gasteiger partial charge in [-0.1, -0.05) is 20.3 Å². The first-order valence-corrected chi connectivity index (χ1v) is 8.64. The molecule has 0 heterocycles. The highest BCUT2D eigenvalue weighted by atomic mass is 32.2. The molecule has 1 aliphatic carbocycles. The zero-order chi connectivity index (χ0) is 14.0. The highest BCUT2D eigenvalue weighted by molar-refractivity contribution is 7.92. The van der Waals surface area contributed by atoms with E-state index < -0.39 is 14.6 Å². The molecule has 1 atom stereocenters. The summed E-state index contributed by atoms with van der Waals surface area (Å²) in [6.07, 6.45) is 4.88. The molecule has 1 aliphatic rings. The number of rotatable bonds is 6. The molecule has 1 unspecified atom stereocenters. The van der Waals surface area contributed by atoms with Gasteiger partial charge in [0, 0.05) is 6.26 Å². The summed E-state index contributed by atoms with van der Waals surface area (Å²) in [7, 11) is -3.05. The van der Waals surface area contributed by atoms with Crippen LogP contribution in [0.5, 0.6) is 0 Å². The van der Waals surface area contributed by atoms with Crippen LogP contribution in [0, 0.1) is 5.92 Å². The molecule has 0 amide bonds. The van der Waals surface area contributed by atoms with Gasteiger partial charge in [0.1, 0.15) is 0 Å². The van der Waals surface area contributed by atoms with Crippen LogP contribution in [0.3, 0.4) is 0 Å². The van der Waals surface area contributed by atoms with Gasteiger partial charge < -0.3 is 4.74 Å². The van der Waals surface area contributed by atoms with Gasteiger partial charge in [-0.3, -0.25) is 0 Å². The normalized spacial score (nSPS) is 21.8. The van der Waals surface area contributed by atoms with E-state index in [9.17, 15) is 8.42 Å². The molecule has 0 spiro atoms. The SMILES string of the molecule is CCC(C)COC(C)=C(C)C1(S(C)(=O)=O)CCC1. The van der Waals surface area contributed by atoms with Gasteiger partial charge in [-0.2, -0.15) is 0 Å². The molecule has 0 aromatic heterocycles. The second-order valence-corrected chi connectivity index (χ2v) is 7.95. The Balaban J connectivity index is 2.86. The van der Waals surface area contributed by atoms with Crippen molar-refractivity contribution in [1.82, 2.24) is 0 Å². The van der Waals surface area contributed by atoms with Crippen LogP contribution in [0.4, 0.5) is 0 Å². The first-order chi connectivity index (χ1) is 8.24. The number of sulfone groups is 1. The van der Waals surface area contributed by atoms with Crippen LogP contribution >= 0.6 is 0 Å². The molecule has 0 aromatic rings. The lowest BCUT2D eigenvalue weighted by molar-refractivity contribution is 0.164. The summed E-state index contributed by atoms with van der Waals surface area (Å²) in [6.45, 7) is 8.73. The van der Waals surface area contributed by atoms with Crippen LogP contribution in [0.2, 0.25) is 0 Å². The molecule has 1 fully saturated rings. The third-order valence-corrected chi connectivity index (χ3v) is 6.50. The zero-order valence-electron chi connectivity index (χ0n) is 12.2. The summed E-state index contributed by atoms with van der Waals surface area (Å²) >= 11 is 0. The van der Waals surface area contributed by atoms with Gasteiger partial charge >= 0.3 is 0 Å². The predicted octanol–water partition coefficient (Wildman–Crippen LogP) is 3.31. The molecule has 0 aromatic carbocycles. The zero-order valence-corrected chi connectivity index (χ0v) is 13.1. The lowest BCUT2D eigenvalue weighted by Crippen LogP contribution is -2.46. The second-order valence-electron chi connectivity index (χ2n) is 5.63. The summed E-state index contributed by atoms with van der Waals surface area (Å²) in [5.41, 5.74) is 0.902. The molecule has 1 rings (SSSR count). The fourth-order valence-corrected chi connectivity index (χ4v) is 4.07. The van der Waals surface area contributed by atoms with Gasteiger partial charge in [0.15, 0.2) is 9.84 Å². The van der Waals surface area contributed by atoms with Crippen LogP contribution in [0.25, 0.3) is 0 Å². The van der Waals surface area contributed by atoms with E-state index in [-0.39, 0.29) is 0 Å². The van der Waals surface area contributed by atoms with Crippen LogP contribution in [-0.2, 0) is 14.6 Å². The highest BCUT2D eigenvalue weighted by Gasteiger charge is 2.48. The molecule has 0 aliphatic heterocycles. The van der Waals surface area contributed by atoms with Crippen molar-refractivity contribution in [2.24, 2.45) is 5.92 Å². The monoisotopic (exact) mass is 274 g/mol. The second kappa shape index (κ2) is 5.64. The third kappa shape index (κ3) is 2.90. The van der Waals surface area contributed by atoms with Crippen molar-refractivity contribution in [2.45, 2.75) is 58.1 Å². The smallest absolute Gasteiger partial charge is 0.157 e. The Hall–Kier alpha value is -0.510. The summed E-state index contributed by atoms with van der Waals surface area (Å²) in [6, 6.07) is 0. The van der Waals surface area contributed by atoms with Crippen molar-refractivity contribution in [2.75, 3.05) is 12.9 Å². The Bertz CT molecular complexity index is 416. The lowest BCUT2D eigenvalue weighted by atomic mass is 9.78. The first-order valence-electron chi connectivity index (χ1n) is 6.75. The summed E-state index contributed by atoms with van der Waals surface area (Å²) < 4.78 is 29.1. The van der Waals surface area contributed by atoms with E-state index >= 15 is 0 Å². The van der Waals surface area contributed by atoms with E-state index in [2.05, 4.69) is 13.8 Å². The largest absolute Gasteiger partial charge is 0.498 e. The summed E-state index contributed by atoms with van der Waals surface area (Å²) in [5, 5.41) is 0. The maximum Gasteiger partial charge on any atom is 0.157 e. The Labute approximate surface area is 112 Å². The molecule has 18 heavy (non-hydrogen) atoms. The minimum atomic E-state index is -3.05. The van der Waals surface area contributed by atoms with E-state index in [4.69, 9.17) is 4.74 Å². The molecule has 0 saturated heterocycles. The first kappa shape index (κ1) is 15.5. The molecular weight excluding hydrogens is 248 g/mol. The van der Waals surface area contributed by atoms with Gasteiger partial charge in [-0.15, -0.1) is 0 Å². The molecule has 106 valence electrons. The van der Waals surface area contributed by atoms with Crippen LogP contribution < -0.4 is 0 Å². The quantitative estimate of drug-likeness (QED) is 0.698. The van der Waals surface area contributed by atoms with Crippen molar-refractivity contribution in [3.05, 3.63) is 11.3 Å². The van der Waals surface area contributed by atoms with Crippen molar-refractivity contribution in [3.8, 4) is 0 Å². The lowest BCUT2D eigenvalue weighted by Gasteiger charge is -2.41. The van der Waals surface area contributed by atoms with Crippen molar-refractivity contribution < 1.29 is 13.2 Å². The predicted molar refractivity (Wildman–Crippen MR) is 75.2 cm³/mol. The van der Waals surface area contributed by atoms with Gasteiger partial charge in [0.2, 0.25) is 0 Å². The topological polar surface area (TPSA) is 43.4 Å². The molecule has 0 N–H and O–H groups in total. The van der Waals surface area contributed by atoms with E-state index in [1.54, 1.807) is 0 Å². The highest BCUT2D eigenvalue weighted by Crippen LogP contribution is 2.45. The minimum Gasteiger partial charge on any atom is -0.498 e. The maximum absolute atomic E-state index is 12.0. The fraction of sp³-hybridized carbons (Fsp3) is 0.857. The van der Waals surface area contributed by atoms with Crippen LogP contribution in [-0.4, -0.2) is 26.0 Å². The van der Waals surface area contributed by atoms with E-state index in [0.717, 1.165) is 37.0 Å². The van der Waals surface area contributed by atoms with E-state index in [1.165, 1.54) is 6.26 Å².